The summed E-state index contributed by atoms with van der Waals surface area (Å²) in [6.07, 6.45) is -0.632. The Morgan fingerprint density at radius 3 is 2.63 bits per heavy atom. The number of benzene rings is 2. The average Bonchev–Trinajstić information content (AvgIpc) is 3.17. The molecule has 0 fully saturated rings. The lowest BCUT2D eigenvalue weighted by molar-refractivity contribution is 0.0919. The third-order valence-electron chi connectivity index (χ3n) is 4.22. The Balaban J connectivity index is 1.43. The van der Waals surface area contributed by atoms with E-state index in [-0.39, 0.29) is 12.5 Å². The third kappa shape index (κ3) is 5.76. The molecule has 0 aliphatic heterocycles. The van der Waals surface area contributed by atoms with Crippen LogP contribution < -0.4 is 10.6 Å². The van der Waals surface area contributed by atoms with E-state index in [9.17, 15) is 9.90 Å². The number of aliphatic hydroxyl groups is 1. The van der Waals surface area contributed by atoms with Crippen LogP contribution in [0.4, 0.5) is 0 Å². The molecule has 0 spiro atoms. The lowest BCUT2D eigenvalue weighted by Gasteiger charge is -2.13. The fourth-order valence-electron chi connectivity index (χ4n) is 2.81. The largest absolute Gasteiger partial charge is 0.390 e. The van der Waals surface area contributed by atoms with Crippen LogP contribution in [0.2, 0.25) is 0 Å². The van der Waals surface area contributed by atoms with Crippen LogP contribution in [0.15, 0.2) is 66.0 Å². The van der Waals surface area contributed by atoms with Crippen molar-refractivity contribution in [3.8, 4) is 11.1 Å². The molecule has 0 aliphatic carbocycles. The molecule has 3 rings (SSSR count). The Hall–Kier alpha value is -2.47. The van der Waals surface area contributed by atoms with E-state index < -0.39 is 6.10 Å². The summed E-state index contributed by atoms with van der Waals surface area (Å²) in [7, 11) is 0. The van der Waals surface area contributed by atoms with Crippen molar-refractivity contribution in [3.05, 3.63) is 82.0 Å². The zero-order valence-electron chi connectivity index (χ0n) is 15.3. The molecule has 0 aliphatic rings. The van der Waals surface area contributed by atoms with Crippen LogP contribution in [-0.2, 0) is 6.54 Å². The number of carbonyl (C=O) groups is 1. The van der Waals surface area contributed by atoms with Crippen molar-refractivity contribution in [1.82, 2.24) is 10.6 Å². The maximum Gasteiger partial charge on any atom is 0.261 e. The molecular weight excluding hydrogens is 356 g/mol. The maximum atomic E-state index is 12.3. The molecule has 0 bridgehead atoms. The predicted molar refractivity (Wildman–Crippen MR) is 111 cm³/mol. The number of aryl methyl sites for hydroxylation is 1. The summed E-state index contributed by atoms with van der Waals surface area (Å²) >= 11 is 1.41. The van der Waals surface area contributed by atoms with Crippen molar-refractivity contribution in [3.63, 3.8) is 0 Å². The summed E-state index contributed by atoms with van der Waals surface area (Å²) in [5, 5.41) is 18.1. The highest BCUT2D eigenvalue weighted by molar-refractivity contribution is 7.12. The van der Waals surface area contributed by atoms with E-state index >= 15 is 0 Å². The molecule has 1 aromatic heterocycles. The van der Waals surface area contributed by atoms with Gasteiger partial charge in [-0.05, 0) is 35.1 Å². The van der Waals surface area contributed by atoms with E-state index in [4.69, 9.17) is 0 Å². The van der Waals surface area contributed by atoms with Gasteiger partial charge in [0.1, 0.15) is 0 Å². The minimum absolute atomic E-state index is 0.153. The van der Waals surface area contributed by atoms with Gasteiger partial charge in [0.05, 0.1) is 11.0 Å². The highest BCUT2D eigenvalue weighted by Crippen LogP contribution is 2.25. The molecule has 1 atom stereocenters. The van der Waals surface area contributed by atoms with E-state index in [0.29, 0.717) is 18.0 Å². The first-order valence-corrected chi connectivity index (χ1v) is 9.86. The summed E-state index contributed by atoms with van der Waals surface area (Å²) in [6, 6.07) is 20.1. The second kappa shape index (κ2) is 9.46. The molecule has 2 aromatic carbocycles. The molecule has 1 amide bonds. The van der Waals surface area contributed by atoms with Crippen LogP contribution in [0.3, 0.4) is 0 Å². The van der Waals surface area contributed by atoms with E-state index in [1.165, 1.54) is 22.5 Å². The van der Waals surface area contributed by atoms with Crippen LogP contribution in [0, 0.1) is 6.92 Å². The molecule has 1 heterocycles. The first-order valence-electron chi connectivity index (χ1n) is 8.98. The Morgan fingerprint density at radius 2 is 1.85 bits per heavy atom. The Labute approximate surface area is 163 Å². The monoisotopic (exact) mass is 380 g/mol. The first-order chi connectivity index (χ1) is 13.1. The molecule has 0 saturated carbocycles. The molecule has 27 heavy (non-hydrogen) atoms. The highest BCUT2D eigenvalue weighted by Gasteiger charge is 2.12. The number of carbonyl (C=O) groups excluding carboxylic acids is 1. The number of hydrogen-bond donors (Lipinski definition) is 3. The second-order valence-electron chi connectivity index (χ2n) is 6.55. The number of rotatable bonds is 8. The van der Waals surface area contributed by atoms with E-state index in [2.05, 4.69) is 35.8 Å². The molecule has 3 aromatic rings. The number of hydrogen-bond acceptors (Lipinski definition) is 4. The zero-order chi connectivity index (χ0) is 19.1. The van der Waals surface area contributed by atoms with Gasteiger partial charge in [-0.1, -0.05) is 60.2 Å². The van der Waals surface area contributed by atoms with Crippen molar-refractivity contribution in [1.29, 1.82) is 0 Å². The summed E-state index contributed by atoms with van der Waals surface area (Å²) in [4.78, 5) is 12.9. The smallest absolute Gasteiger partial charge is 0.261 e. The van der Waals surface area contributed by atoms with Gasteiger partial charge < -0.3 is 15.7 Å². The Bertz CT molecular complexity index is 877. The van der Waals surface area contributed by atoms with Crippen molar-refractivity contribution >= 4 is 17.2 Å². The second-order valence-corrected chi connectivity index (χ2v) is 7.46. The minimum atomic E-state index is -0.632. The van der Waals surface area contributed by atoms with Crippen molar-refractivity contribution in [2.24, 2.45) is 0 Å². The van der Waals surface area contributed by atoms with Gasteiger partial charge in [0, 0.05) is 19.6 Å². The van der Waals surface area contributed by atoms with Gasteiger partial charge in [0.2, 0.25) is 0 Å². The van der Waals surface area contributed by atoms with Crippen LogP contribution in [0.1, 0.15) is 20.8 Å². The van der Waals surface area contributed by atoms with E-state index in [1.54, 1.807) is 0 Å². The fraction of sp³-hybridized carbons (Fsp3) is 0.227. The fourth-order valence-corrected chi connectivity index (χ4v) is 3.64. The van der Waals surface area contributed by atoms with E-state index in [0.717, 1.165) is 11.1 Å². The van der Waals surface area contributed by atoms with Crippen molar-refractivity contribution < 1.29 is 9.90 Å². The summed E-state index contributed by atoms with van der Waals surface area (Å²) < 4.78 is 0. The Morgan fingerprint density at radius 1 is 1.04 bits per heavy atom. The summed E-state index contributed by atoms with van der Waals surface area (Å²) in [5.74, 6) is -0.153. The van der Waals surface area contributed by atoms with Crippen LogP contribution >= 0.6 is 11.3 Å². The molecule has 3 N–H and O–H groups in total. The number of aliphatic hydroxyl groups excluding tert-OH is 1. The zero-order valence-corrected chi connectivity index (χ0v) is 16.1. The summed E-state index contributed by atoms with van der Waals surface area (Å²) in [5.41, 5.74) is 4.52. The SMILES string of the molecule is Cc1cccc(CNCC(O)CNC(=O)c2cc(-c3ccccc3)cs2)c1. The number of thiophene rings is 1. The lowest BCUT2D eigenvalue weighted by Crippen LogP contribution is -2.37. The van der Waals surface area contributed by atoms with Gasteiger partial charge in [-0.2, -0.15) is 0 Å². The molecule has 140 valence electrons. The molecule has 0 saturated heterocycles. The van der Waals surface area contributed by atoms with Crippen molar-refractivity contribution in [2.75, 3.05) is 13.1 Å². The highest BCUT2D eigenvalue weighted by atomic mass is 32.1. The van der Waals surface area contributed by atoms with Crippen LogP contribution in [0.5, 0.6) is 0 Å². The minimum Gasteiger partial charge on any atom is -0.390 e. The Kier molecular flexibility index (Phi) is 6.76. The van der Waals surface area contributed by atoms with Gasteiger partial charge in [0.25, 0.3) is 5.91 Å². The standard InChI is InChI=1S/C22H24N2O2S/c1-16-6-5-7-17(10-16)12-23-13-20(25)14-24-22(26)21-11-19(15-27-21)18-8-3-2-4-9-18/h2-11,15,20,23,25H,12-14H2,1H3,(H,24,26). The molecule has 0 radical (unpaired) electrons. The van der Waals surface area contributed by atoms with Crippen LogP contribution in [-0.4, -0.2) is 30.2 Å². The van der Waals surface area contributed by atoms with Crippen LogP contribution in [0.25, 0.3) is 11.1 Å². The first kappa shape index (κ1) is 19.3. The number of amides is 1. The molecule has 5 heteroatoms. The number of nitrogens with one attached hydrogen (secondary N) is 2. The predicted octanol–water partition coefficient (Wildman–Crippen LogP) is 3.60. The third-order valence-corrected chi connectivity index (χ3v) is 5.15. The molecular formula is C22H24N2O2S. The lowest BCUT2D eigenvalue weighted by atomic mass is 10.1. The average molecular weight is 381 g/mol. The normalized spacial score (nSPS) is 11.9. The van der Waals surface area contributed by atoms with Gasteiger partial charge in [-0.25, -0.2) is 0 Å². The topological polar surface area (TPSA) is 61.4 Å². The molecule has 4 nitrogen and oxygen atoms in total. The van der Waals surface area contributed by atoms with Gasteiger partial charge in [-0.3, -0.25) is 4.79 Å². The van der Waals surface area contributed by atoms with Gasteiger partial charge in [0.15, 0.2) is 0 Å². The quantitative estimate of drug-likeness (QED) is 0.559. The van der Waals surface area contributed by atoms with Crippen molar-refractivity contribution in [2.45, 2.75) is 19.6 Å². The summed E-state index contributed by atoms with van der Waals surface area (Å²) in [6.45, 7) is 3.39. The van der Waals surface area contributed by atoms with Gasteiger partial charge in [-0.15, -0.1) is 11.3 Å². The molecule has 1 unspecified atom stereocenters. The van der Waals surface area contributed by atoms with E-state index in [1.807, 2.05) is 47.8 Å². The maximum absolute atomic E-state index is 12.3. The van der Waals surface area contributed by atoms with Gasteiger partial charge >= 0.3 is 0 Å².